The summed E-state index contributed by atoms with van der Waals surface area (Å²) in [4.78, 5) is 0.125. The Kier molecular flexibility index (Phi) is 4.59. The topological polar surface area (TPSA) is 84.2 Å². The van der Waals surface area contributed by atoms with E-state index in [1.54, 1.807) is 18.2 Å². The first-order valence-corrected chi connectivity index (χ1v) is 8.84. The van der Waals surface area contributed by atoms with E-state index < -0.39 is 10.0 Å². The molecular weight excluding hydrogens is 282 g/mol. The third-order valence-corrected chi connectivity index (χ3v) is 5.70. The van der Waals surface area contributed by atoms with Gasteiger partial charge in [-0.05, 0) is 49.6 Å². The van der Waals surface area contributed by atoms with E-state index >= 15 is 0 Å². The number of rotatable bonds is 4. The molecule has 0 bridgehead atoms. The van der Waals surface area contributed by atoms with Gasteiger partial charge in [0.05, 0.1) is 5.69 Å². The van der Waals surface area contributed by atoms with Gasteiger partial charge in [0.2, 0.25) is 10.0 Å². The molecule has 0 aromatic heterocycles. The van der Waals surface area contributed by atoms with Crippen molar-refractivity contribution in [3.63, 3.8) is 0 Å². The summed E-state index contributed by atoms with van der Waals surface area (Å²) in [5, 5.41) is 3.41. The minimum atomic E-state index is -3.48. The minimum Gasteiger partial charge on any atom is -0.398 e. The second-order valence-corrected chi connectivity index (χ2v) is 7.57. The summed E-state index contributed by atoms with van der Waals surface area (Å²) in [6.45, 7) is 0. The molecule has 0 aliphatic carbocycles. The van der Waals surface area contributed by atoms with Gasteiger partial charge in [0.1, 0.15) is 4.90 Å². The Bertz CT molecular complexity index is 540. The van der Waals surface area contributed by atoms with Crippen LogP contribution in [0.2, 0.25) is 0 Å². The minimum absolute atomic E-state index is 0.125. The number of nitrogens with two attached hydrogens (primary N) is 1. The van der Waals surface area contributed by atoms with E-state index in [9.17, 15) is 8.42 Å². The van der Waals surface area contributed by atoms with E-state index in [4.69, 9.17) is 5.73 Å². The maximum atomic E-state index is 11.7. The normalized spacial score (nSPS) is 17.3. The predicted octanol–water partition coefficient (Wildman–Crippen LogP) is 1.48. The van der Waals surface area contributed by atoms with Crippen molar-refractivity contribution in [2.75, 3.05) is 29.6 Å². The average molecular weight is 301 g/mol. The number of benzene rings is 1. The molecule has 1 fully saturated rings. The second-order valence-electron chi connectivity index (χ2n) is 4.49. The van der Waals surface area contributed by atoms with Gasteiger partial charge in [-0.2, -0.15) is 11.8 Å². The summed E-state index contributed by atoms with van der Waals surface area (Å²) >= 11 is 1.97. The van der Waals surface area contributed by atoms with Gasteiger partial charge in [0.15, 0.2) is 0 Å². The number of anilines is 2. The van der Waals surface area contributed by atoms with Crippen LogP contribution in [0.25, 0.3) is 0 Å². The van der Waals surface area contributed by atoms with Crippen molar-refractivity contribution in [3.8, 4) is 0 Å². The molecule has 0 amide bonds. The molecule has 1 aromatic carbocycles. The van der Waals surface area contributed by atoms with Crippen molar-refractivity contribution in [2.45, 2.75) is 23.8 Å². The molecule has 0 radical (unpaired) electrons. The van der Waals surface area contributed by atoms with Gasteiger partial charge in [-0.3, -0.25) is 0 Å². The van der Waals surface area contributed by atoms with E-state index in [0.29, 0.717) is 6.04 Å². The third kappa shape index (κ3) is 3.55. The Morgan fingerprint density at radius 1 is 1.32 bits per heavy atom. The van der Waals surface area contributed by atoms with Gasteiger partial charge in [0, 0.05) is 11.7 Å². The molecular formula is C12H19N3O2S2. The van der Waals surface area contributed by atoms with E-state index in [1.807, 2.05) is 11.8 Å². The predicted molar refractivity (Wildman–Crippen MR) is 81.1 cm³/mol. The van der Waals surface area contributed by atoms with Crippen molar-refractivity contribution in [2.24, 2.45) is 0 Å². The summed E-state index contributed by atoms with van der Waals surface area (Å²) in [6.07, 6.45) is 2.25. The van der Waals surface area contributed by atoms with Gasteiger partial charge in [-0.1, -0.05) is 0 Å². The Morgan fingerprint density at radius 2 is 2.00 bits per heavy atom. The molecule has 19 heavy (non-hydrogen) atoms. The molecule has 1 heterocycles. The lowest BCUT2D eigenvalue weighted by Crippen LogP contribution is -2.24. The van der Waals surface area contributed by atoms with Crippen LogP contribution in [0.3, 0.4) is 0 Å². The zero-order valence-electron chi connectivity index (χ0n) is 10.8. The SMILES string of the molecule is CNS(=O)(=O)c1ccc(NC2CCSCC2)cc1N. The summed E-state index contributed by atoms with van der Waals surface area (Å²) in [5.74, 6) is 2.33. The number of thioether (sulfide) groups is 1. The van der Waals surface area contributed by atoms with E-state index in [0.717, 1.165) is 18.5 Å². The fraction of sp³-hybridized carbons (Fsp3) is 0.500. The van der Waals surface area contributed by atoms with Crippen LogP contribution in [0, 0.1) is 0 Å². The fourth-order valence-corrected chi connectivity index (χ4v) is 4.01. The standard InChI is InChI=1S/C12H19N3O2S2/c1-14-19(16,17)12-3-2-10(8-11(12)13)15-9-4-6-18-7-5-9/h2-3,8-9,14-15H,4-7,13H2,1H3. The molecule has 4 N–H and O–H groups in total. The van der Waals surface area contributed by atoms with Crippen LogP contribution in [0.4, 0.5) is 11.4 Å². The van der Waals surface area contributed by atoms with Crippen LogP contribution in [-0.4, -0.2) is 33.0 Å². The summed E-state index contributed by atoms with van der Waals surface area (Å²) in [6, 6.07) is 5.45. The zero-order chi connectivity index (χ0) is 13.9. The van der Waals surface area contributed by atoms with E-state index in [-0.39, 0.29) is 10.6 Å². The van der Waals surface area contributed by atoms with E-state index in [2.05, 4.69) is 10.0 Å². The molecule has 1 aromatic rings. The van der Waals surface area contributed by atoms with Crippen LogP contribution in [0.1, 0.15) is 12.8 Å². The molecule has 1 saturated heterocycles. The zero-order valence-corrected chi connectivity index (χ0v) is 12.5. The van der Waals surface area contributed by atoms with E-state index in [1.165, 1.54) is 18.6 Å². The lowest BCUT2D eigenvalue weighted by molar-refractivity contribution is 0.588. The number of hydrogen-bond acceptors (Lipinski definition) is 5. The number of hydrogen-bond donors (Lipinski definition) is 3. The van der Waals surface area contributed by atoms with Crippen LogP contribution < -0.4 is 15.8 Å². The fourth-order valence-electron chi connectivity index (χ4n) is 2.07. The van der Waals surface area contributed by atoms with Gasteiger partial charge in [-0.15, -0.1) is 0 Å². The highest BCUT2D eigenvalue weighted by Crippen LogP contribution is 2.25. The lowest BCUT2D eigenvalue weighted by Gasteiger charge is -2.24. The molecule has 7 heteroatoms. The number of nitrogen functional groups attached to an aromatic ring is 1. The van der Waals surface area contributed by atoms with Crippen molar-refractivity contribution < 1.29 is 8.42 Å². The Hall–Kier alpha value is -0.920. The lowest BCUT2D eigenvalue weighted by atomic mass is 10.1. The second kappa shape index (κ2) is 6.02. The highest BCUT2D eigenvalue weighted by atomic mass is 32.2. The molecule has 1 aliphatic rings. The van der Waals surface area contributed by atoms with Crippen molar-refractivity contribution >= 4 is 33.2 Å². The molecule has 0 atom stereocenters. The highest BCUT2D eigenvalue weighted by molar-refractivity contribution is 7.99. The van der Waals surface area contributed by atoms with Crippen molar-refractivity contribution in [3.05, 3.63) is 18.2 Å². The first kappa shape index (κ1) is 14.5. The Morgan fingerprint density at radius 3 is 2.58 bits per heavy atom. The monoisotopic (exact) mass is 301 g/mol. The molecule has 0 unspecified atom stereocenters. The first-order valence-electron chi connectivity index (χ1n) is 6.20. The number of sulfonamides is 1. The van der Waals surface area contributed by atoms with Gasteiger partial charge < -0.3 is 11.1 Å². The van der Waals surface area contributed by atoms with Crippen molar-refractivity contribution in [1.82, 2.24) is 4.72 Å². The molecule has 106 valence electrons. The molecule has 2 rings (SSSR count). The van der Waals surface area contributed by atoms with Gasteiger partial charge in [-0.25, -0.2) is 13.1 Å². The maximum absolute atomic E-state index is 11.7. The van der Waals surface area contributed by atoms with Gasteiger partial charge in [0.25, 0.3) is 0 Å². The highest BCUT2D eigenvalue weighted by Gasteiger charge is 2.17. The van der Waals surface area contributed by atoms with Crippen LogP contribution in [0.15, 0.2) is 23.1 Å². The smallest absolute Gasteiger partial charge is 0.242 e. The summed E-state index contributed by atoms with van der Waals surface area (Å²) in [5.41, 5.74) is 6.97. The summed E-state index contributed by atoms with van der Waals surface area (Å²) < 4.78 is 25.7. The molecule has 0 spiro atoms. The maximum Gasteiger partial charge on any atom is 0.242 e. The Labute approximate surface area is 118 Å². The van der Waals surface area contributed by atoms with Crippen LogP contribution in [-0.2, 0) is 10.0 Å². The quantitative estimate of drug-likeness (QED) is 0.734. The van der Waals surface area contributed by atoms with Gasteiger partial charge >= 0.3 is 0 Å². The average Bonchev–Trinajstić information content (AvgIpc) is 2.39. The first-order chi connectivity index (χ1) is 9.03. The van der Waals surface area contributed by atoms with Crippen LogP contribution >= 0.6 is 11.8 Å². The van der Waals surface area contributed by atoms with Crippen molar-refractivity contribution in [1.29, 1.82) is 0 Å². The summed E-state index contributed by atoms with van der Waals surface area (Å²) in [7, 11) is -2.11. The third-order valence-electron chi connectivity index (χ3n) is 3.16. The van der Waals surface area contributed by atoms with Crippen LogP contribution in [0.5, 0.6) is 0 Å². The molecule has 0 saturated carbocycles. The largest absolute Gasteiger partial charge is 0.398 e. The molecule has 1 aliphatic heterocycles. The molecule has 5 nitrogen and oxygen atoms in total. The Balaban J connectivity index is 2.14. The number of nitrogens with one attached hydrogen (secondary N) is 2.